The zero-order valence-corrected chi connectivity index (χ0v) is 12.0. The van der Waals surface area contributed by atoms with E-state index in [0.29, 0.717) is 5.56 Å². The molecule has 20 heavy (non-hydrogen) atoms. The number of halogens is 2. The van der Waals surface area contributed by atoms with E-state index >= 15 is 0 Å². The molecule has 2 rings (SSSR count). The highest BCUT2D eigenvalue weighted by molar-refractivity contribution is 5.22. The Kier molecular flexibility index (Phi) is 5.46. The second-order valence-corrected chi connectivity index (χ2v) is 5.45. The summed E-state index contributed by atoms with van der Waals surface area (Å²) < 4.78 is 27.2. The number of benzene rings is 1. The van der Waals surface area contributed by atoms with Crippen molar-refractivity contribution in [1.29, 1.82) is 0 Å². The Bertz CT molecular complexity index is 433. The van der Waals surface area contributed by atoms with Gasteiger partial charge in [-0.25, -0.2) is 8.78 Å². The van der Waals surface area contributed by atoms with Crippen LogP contribution in [0.15, 0.2) is 18.2 Å². The molecule has 1 heterocycles. The van der Waals surface area contributed by atoms with Crippen LogP contribution in [-0.4, -0.2) is 49.6 Å². The van der Waals surface area contributed by atoms with Gasteiger partial charge in [0.2, 0.25) is 0 Å². The Morgan fingerprint density at radius 3 is 2.65 bits per heavy atom. The van der Waals surface area contributed by atoms with Crippen molar-refractivity contribution in [2.24, 2.45) is 5.73 Å². The molecular formula is C15H23F2N3. The molecule has 1 unspecified atom stereocenters. The van der Waals surface area contributed by atoms with Gasteiger partial charge < -0.3 is 10.6 Å². The van der Waals surface area contributed by atoms with E-state index in [9.17, 15) is 8.78 Å². The summed E-state index contributed by atoms with van der Waals surface area (Å²) in [5, 5.41) is 0. The van der Waals surface area contributed by atoms with Crippen LogP contribution in [0.5, 0.6) is 0 Å². The van der Waals surface area contributed by atoms with E-state index in [-0.39, 0.29) is 12.6 Å². The number of nitrogens with two attached hydrogens (primary N) is 1. The lowest BCUT2D eigenvalue weighted by molar-refractivity contribution is 0.206. The minimum Gasteiger partial charge on any atom is -0.329 e. The van der Waals surface area contributed by atoms with Crippen molar-refractivity contribution in [2.75, 3.05) is 39.8 Å². The highest BCUT2D eigenvalue weighted by Gasteiger charge is 2.21. The van der Waals surface area contributed by atoms with Crippen molar-refractivity contribution in [3.8, 4) is 0 Å². The molecule has 2 N–H and O–H groups in total. The summed E-state index contributed by atoms with van der Waals surface area (Å²) in [5.41, 5.74) is 6.11. The van der Waals surface area contributed by atoms with Gasteiger partial charge in [-0.05, 0) is 51.2 Å². The lowest BCUT2D eigenvalue weighted by atomic mass is 10.0. The maximum absolute atomic E-state index is 13.8. The molecule has 1 aromatic rings. The van der Waals surface area contributed by atoms with Crippen LogP contribution in [0.1, 0.15) is 24.4 Å². The highest BCUT2D eigenvalue weighted by atomic mass is 19.1. The summed E-state index contributed by atoms with van der Waals surface area (Å²) in [4.78, 5) is 4.40. The molecule has 0 aliphatic carbocycles. The van der Waals surface area contributed by atoms with E-state index in [1.807, 2.05) is 11.9 Å². The molecule has 1 atom stereocenters. The molecule has 0 saturated carbocycles. The first-order valence-corrected chi connectivity index (χ1v) is 7.19. The summed E-state index contributed by atoms with van der Waals surface area (Å²) in [7, 11) is 1.91. The fraction of sp³-hybridized carbons (Fsp3) is 0.600. The van der Waals surface area contributed by atoms with Crippen LogP contribution in [0.4, 0.5) is 8.78 Å². The topological polar surface area (TPSA) is 32.5 Å². The molecule has 1 aliphatic rings. The van der Waals surface area contributed by atoms with E-state index in [4.69, 9.17) is 5.73 Å². The van der Waals surface area contributed by atoms with E-state index in [2.05, 4.69) is 4.90 Å². The number of likely N-dealkylation sites (tertiary alicyclic amines) is 1. The van der Waals surface area contributed by atoms with Gasteiger partial charge in [0.1, 0.15) is 11.6 Å². The van der Waals surface area contributed by atoms with E-state index in [1.165, 1.54) is 25.0 Å². The van der Waals surface area contributed by atoms with Gasteiger partial charge in [0.05, 0.1) is 0 Å². The summed E-state index contributed by atoms with van der Waals surface area (Å²) in [6.45, 7) is 4.30. The predicted octanol–water partition coefficient (Wildman–Crippen LogP) is 1.99. The van der Waals surface area contributed by atoms with Crippen LogP contribution >= 0.6 is 0 Å². The summed E-state index contributed by atoms with van der Waals surface area (Å²) in [6, 6.07) is 3.27. The van der Waals surface area contributed by atoms with E-state index in [0.717, 1.165) is 32.2 Å². The Morgan fingerprint density at radius 2 is 2.00 bits per heavy atom. The van der Waals surface area contributed by atoms with Gasteiger partial charge in [-0.15, -0.1) is 0 Å². The molecule has 1 saturated heterocycles. The van der Waals surface area contributed by atoms with Gasteiger partial charge in [0.25, 0.3) is 0 Å². The lowest BCUT2D eigenvalue weighted by Gasteiger charge is -2.29. The summed E-state index contributed by atoms with van der Waals surface area (Å²) in [6.07, 6.45) is 2.51. The SMILES string of the molecule is CN(CCN1CCCC1)C(CN)c1cc(F)ccc1F. The number of nitrogens with zero attached hydrogens (tertiary/aromatic N) is 2. The minimum absolute atomic E-state index is 0.275. The number of hydrogen-bond acceptors (Lipinski definition) is 3. The predicted molar refractivity (Wildman–Crippen MR) is 76.5 cm³/mol. The highest BCUT2D eigenvalue weighted by Crippen LogP contribution is 2.22. The van der Waals surface area contributed by atoms with Gasteiger partial charge in [-0.2, -0.15) is 0 Å². The van der Waals surface area contributed by atoms with Crippen LogP contribution in [0, 0.1) is 11.6 Å². The summed E-state index contributed by atoms with van der Waals surface area (Å²) in [5.74, 6) is -0.817. The molecule has 1 fully saturated rings. The molecule has 0 aromatic heterocycles. The third-order valence-electron chi connectivity index (χ3n) is 4.04. The van der Waals surface area contributed by atoms with Crippen molar-refractivity contribution in [3.05, 3.63) is 35.4 Å². The number of rotatable bonds is 6. The van der Waals surface area contributed by atoms with Crippen LogP contribution < -0.4 is 5.73 Å². The van der Waals surface area contributed by atoms with Crippen LogP contribution in [0.3, 0.4) is 0 Å². The first-order chi connectivity index (χ1) is 9.61. The monoisotopic (exact) mass is 283 g/mol. The first-order valence-electron chi connectivity index (χ1n) is 7.19. The van der Waals surface area contributed by atoms with Gasteiger partial charge in [0.15, 0.2) is 0 Å². The zero-order chi connectivity index (χ0) is 14.5. The lowest BCUT2D eigenvalue weighted by Crippen LogP contribution is -2.37. The average Bonchev–Trinajstić information content (AvgIpc) is 2.94. The van der Waals surface area contributed by atoms with Crippen LogP contribution in [-0.2, 0) is 0 Å². The smallest absolute Gasteiger partial charge is 0.128 e. The number of likely N-dealkylation sites (N-methyl/N-ethyl adjacent to an activating group) is 1. The van der Waals surface area contributed by atoms with Gasteiger partial charge in [-0.1, -0.05) is 0 Å². The first kappa shape index (κ1) is 15.4. The average molecular weight is 283 g/mol. The standard InChI is InChI=1S/C15H23F2N3/c1-19(8-9-20-6-2-3-7-20)15(11-18)13-10-12(16)4-5-14(13)17/h4-5,10,15H,2-3,6-9,11,18H2,1H3. The second-order valence-electron chi connectivity index (χ2n) is 5.45. The fourth-order valence-electron chi connectivity index (χ4n) is 2.78. The molecule has 3 nitrogen and oxygen atoms in total. The molecule has 5 heteroatoms. The van der Waals surface area contributed by atoms with E-state index < -0.39 is 11.6 Å². The van der Waals surface area contributed by atoms with Crippen molar-refractivity contribution < 1.29 is 8.78 Å². The molecule has 112 valence electrons. The van der Waals surface area contributed by atoms with Crippen molar-refractivity contribution in [1.82, 2.24) is 9.80 Å². The van der Waals surface area contributed by atoms with Crippen molar-refractivity contribution in [2.45, 2.75) is 18.9 Å². The van der Waals surface area contributed by atoms with E-state index in [1.54, 1.807) is 0 Å². The zero-order valence-electron chi connectivity index (χ0n) is 12.0. The van der Waals surface area contributed by atoms with Crippen molar-refractivity contribution >= 4 is 0 Å². The number of hydrogen-bond donors (Lipinski definition) is 1. The van der Waals surface area contributed by atoms with Crippen molar-refractivity contribution in [3.63, 3.8) is 0 Å². The Morgan fingerprint density at radius 1 is 1.30 bits per heavy atom. The quantitative estimate of drug-likeness (QED) is 0.866. The molecule has 0 radical (unpaired) electrons. The molecule has 1 aliphatic heterocycles. The molecular weight excluding hydrogens is 260 g/mol. The van der Waals surface area contributed by atoms with Gasteiger partial charge in [-0.3, -0.25) is 4.90 Å². The normalized spacial score (nSPS) is 17.9. The maximum atomic E-state index is 13.8. The van der Waals surface area contributed by atoms with Crippen LogP contribution in [0.25, 0.3) is 0 Å². The maximum Gasteiger partial charge on any atom is 0.128 e. The van der Waals surface area contributed by atoms with Gasteiger partial charge in [0, 0.05) is 31.2 Å². The molecule has 0 spiro atoms. The second kappa shape index (κ2) is 7.11. The molecule has 0 amide bonds. The molecule has 0 bridgehead atoms. The third kappa shape index (κ3) is 3.75. The third-order valence-corrected chi connectivity index (χ3v) is 4.04. The Labute approximate surface area is 119 Å². The summed E-state index contributed by atoms with van der Waals surface area (Å²) >= 11 is 0. The van der Waals surface area contributed by atoms with Gasteiger partial charge >= 0.3 is 0 Å². The molecule has 1 aromatic carbocycles. The largest absolute Gasteiger partial charge is 0.329 e. The minimum atomic E-state index is -0.423. The van der Waals surface area contributed by atoms with Crippen LogP contribution in [0.2, 0.25) is 0 Å². The fourth-order valence-corrected chi connectivity index (χ4v) is 2.78. The Balaban J connectivity index is 2.00. The Hall–Kier alpha value is -1.04.